The Morgan fingerprint density at radius 1 is 0.467 bits per heavy atom. The monoisotopic (exact) mass is 774 g/mol. The second kappa shape index (κ2) is 17.5. The van der Waals surface area contributed by atoms with E-state index >= 15 is 4.57 Å². The fraction of sp³-hybridized carbons (Fsp3) is 0.0526. The molecule has 6 rings (SSSR count). The summed E-state index contributed by atoms with van der Waals surface area (Å²) >= 11 is -0.106. The number of hydrogen-bond donors (Lipinski definition) is 0. The molecule has 6 aromatic rings. The van der Waals surface area contributed by atoms with E-state index in [1.807, 2.05) is 36.4 Å². The van der Waals surface area contributed by atoms with Crippen LogP contribution < -0.4 is 31.8 Å². The zero-order chi connectivity index (χ0) is 31.3. The molecule has 0 radical (unpaired) electrons. The Kier molecular flexibility index (Phi) is 13.2. The Hall–Kier alpha value is -2.35. The van der Waals surface area contributed by atoms with E-state index in [9.17, 15) is 0 Å². The normalized spacial score (nSPS) is 12.0. The molecule has 0 saturated heterocycles. The Balaban J connectivity index is 0.00000128. The predicted octanol–water partition coefficient (Wildman–Crippen LogP) is 8.97. The van der Waals surface area contributed by atoms with E-state index in [-0.39, 0.29) is 21.3 Å². The summed E-state index contributed by atoms with van der Waals surface area (Å²) in [4.78, 5) is 0. The van der Waals surface area contributed by atoms with Crippen molar-refractivity contribution in [2.75, 3.05) is 6.16 Å². The molecule has 0 heterocycles. The van der Waals surface area contributed by atoms with Gasteiger partial charge in [-0.25, -0.2) is 0 Å². The van der Waals surface area contributed by atoms with Gasteiger partial charge >= 0.3 is 35.0 Å². The molecule has 0 aliphatic carbocycles. The number of benzene rings is 6. The maximum absolute atomic E-state index is 16.3. The first-order chi connectivity index (χ1) is 22.2. The van der Waals surface area contributed by atoms with E-state index in [0.29, 0.717) is 0 Å². The van der Waals surface area contributed by atoms with Crippen LogP contribution in [0, 0.1) is 0 Å². The first-order valence-corrected chi connectivity index (χ1v) is 23.2. The average Bonchev–Trinajstić information content (AvgIpc) is 3.12. The van der Waals surface area contributed by atoms with Gasteiger partial charge in [0.15, 0.2) is 7.14 Å². The van der Waals surface area contributed by atoms with Crippen molar-refractivity contribution in [2.45, 2.75) is 5.40 Å². The quantitative estimate of drug-likeness (QED) is 0.100. The van der Waals surface area contributed by atoms with Gasteiger partial charge in [-0.2, -0.15) is 0 Å². The molecule has 1 atom stereocenters. The molecule has 0 aliphatic heterocycles. The standard InChI is InChI=1S/C38H33OP3.2ClH.Pd/c39-42(36-27-15-5-16-28-36,37-29-17-6-18-30-37)38(41(34-23-11-3-12-24-34)35-25-13-4-14-26-35)31-40(32-19-7-1-8-20-32)33-21-9-2-10-22-33;;;/h1-30,38H,31H2;2*1H;/q;;;+2/p-2/t38-;;;/m0.../s1. The third kappa shape index (κ3) is 8.52. The molecule has 0 aromatic heterocycles. The van der Waals surface area contributed by atoms with Crippen molar-refractivity contribution in [1.29, 1.82) is 0 Å². The van der Waals surface area contributed by atoms with Crippen LogP contribution in [-0.4, -0.2) is 11.6 Å². The summed E-state index contributed by atoms with van der Waals surface area (Å²) in [6.07, 6.45) is 0.805. The Morgan fingerprint density at radius 2 is 0.733 bits per heavy atom. The van der Waals surface area contributed by atoms with Crippen molar-refractivity contribution < 1.29 is 20.5 Å². The Morgan fingerprint density at radius 3 is 1.04 bits per heavy atom. The molecule has 45 heavy (non-hydrogen) atoms. The van der Waals surface area contributed by atoms with Gasteiger partial charge in [0.2, 0.25) is 0 Å². The van der Waals surface area contributed by atoms with E-state index in [1.165, 1.54) is 21.2 Å². The molecule has 7 heteroatoms. The Labute approximate surface area is 286 Å². The van der Waals surface area contributed by atoms with Crippen molar-refractivity contribution in [2.24, 2.45) is 0 Å². The van der Waals surface area contributed by atoms with Gasteiger partial charge in [0.1, 0.15) is 0 Å². The second-order valence-electron chi connectivity index (χ2n) is 10.2. The van der Waals surface area contributed by atoms with Crippen LogP contribution in [-0.2, 0) is 20.5 Å². The molecule has 0 N–H and O–H groups in total. The van der Waals surface area contributed by atoms with Gasteiger partial charge in [0.25, 0.3) is 0 Å². The van der Waals surface area contributed by atoms with Gasteiger partial charge in [0, 0.05) is 10.6 Å². The van der Waals surface area contributed by atoms with Crippen LogP contribution >= 0.6 is 42.0 Å². The molecule has 6 aromatic carbocycles. The van der Waals surface area contributed by atoms with E-state index in [1.54, 1.807) is 0 Å². The van der Waals surface area contributed by atoms with Gasteiger partial charge in [0.05, 0.1) is 5.40 Å². The van der Waals surface area contributed by atoms with Crippen molar-refractivity contribution in [3.05, 3.63) is 182 Å². The summed E-state index contributed by atoms with van der Waals surface area (Å²) in [6, 6.07) is 63.8. The van der Waals surface area contributed by atoms with Crippen LogP contribution in [0.3, 0.4) is 0 Å². The van der Waals surface area contributed by atoms with Gasteiger partial charge in [-0.15, -0.1) is 0 Å². The van der Waals surface area contributed by atoms with E-state index in [4.69, 9.17) is 19.1 Å². The molecule has 0 unspecified atom stereocenters. The van der Waals surface area contributed by atoms with Crippen LogP contribution in [0.25, 0.3) is 0 Å². The number of rotatable bonds is 10. The first kappa shape index (κ1) is 34.0. The number of halogens is 2. The molecule has 230 valence electrons. The van der Waals surface area contributed by atoms with Crippen LogP contribution in [0.4, 0.5) is 0 Å². The number of hydrogen-bond acceptors (Lipinski definition) is 1. The summed E-state index contributed by atoms with van der Waals surface area (Å²) in [5.74, 6) is 0. The minimum absolute atomic E-state index is 0.106. The van der Waals surface area contributed by atoms with Gasteiger partial charge < -0.3 is 4.57 Å². The van der Waals surface area contributed by atoms with E-state index in [2.05, 4.69) is 146 Å². The second-order valence-corrected chi connectivity index (χ2v) is 20.6. The van der Waals surface area contributed by atoms with Crippen LogP contribution in [0.1, 0.15) is 0 Å². The maximum atomic E-state index is 16.3. The fourth-order valence-corrected chi connectivity index (χ4v) is 17.3. The SMILES string of the molecule is O=P(c1ccccc1)(c1ccccc1)[C@@H](CP(c1ccccc1)c1ccccc1)P(c1ccccc1)c1ccccc1.[Cl][Pd][Cl]. The third-order valence-electron chi connectivity index (χ3n) is 7.55. The van der Waals surface area contributed by atoms with E-state index in [0.717, 1.165) is 16.8 Å². The fourth-order valence-electron chi connectivity index (χ4n) is 5.56. The van der Waals surface area contributed by atoms with Gasteiger partial charge in [-0.05, 0) is 43.2 Å². The molecule has 0 aliphatic rings. The molecule has 0 fully saturated rings. The van der Waals surface area contributed by atoms with Gasteiger partial charge in [-0.3, -0.25) is 0 Å². The van der Waals surface area contributed by atoms with Crippen molar-refractivity contribution >= 4 is 73.9 Å². The van der Waals surface area contributed by atoms with Crippen molar-refractivity contribution in [3.63, 3.8) is 0 Å². The first-order valence-electron chi connectivity index (χ1n) is 14.5. The summed E-state index contributed by atoms with van der Waals surface area (Å²) in [5.41, 5.74) is 0. The van der Waals surface area contributed by atoms with E-state index < -0.39 is 23.0 Å². The molecule has 0 amide bonds. The third-order valence-corrected chi connectivity index (χ3v) is 18.0. The molecular weight excluding hydrogens is 743 g/mol. The van der Waals surface area contributed by atoms with Gasteiger partial charge in [-0.1, -0.05) is 182 Å². The predicted molar refractivity (Wildman–Crippen MR) is 198 cm³/mol. The van der Waals surface area contributed by atoms with Crippen LogP contribution in [0.15, 0.2) is 182 Å². The molecule has 0 spiro atoms. The average molecular weight is 776 g/mol. The molecule has 0 bridgehead atoms. The summed E-state index contributed by atoms with van der Waals surface area (Å²) < 4.78 is 16.3. The minimum atomic E-state index is -3.17. The van der Waals surface area contributed by atoms with Crippen LogP contribution in [0.2, 0.25) is 0 Å². The zero-order valence-electron chi connectivity index (χ0n) is 24.4. The summed E-state index contributed by atoms with van der Waals surface area (Å²) in [6.45, 7) is 0. The molecule has 0 saturated carbocycles. The van der Waals surface area contributed by atoms with Crippen molar-refractivity contribution in [1.82, 2.24) is 0 Å². The van der Waals surface area contributed by atoms with Crippen molar-refractivity contribution in [3.8, 4) is 0 Å². The summed E-state index contributed by atoms with van der Waals surface area (Å²) in [5, 5.41) is 6.86. The Bertz CT molecular complexity index is 1630. The topological polar surface area (TPSA) is 17.1 Å². The summed E-state index contributed by atoms with van der Waals surface area (Å²) in [7, 11) is 4.64. The molecular formula is C38H33Cl2OP3Pd. The zero-order valence-corrected chi connectivity index (χ0v) is 30.2. The molecule has 1 nitrogen and oxygen atoms in total. The van der Waals surface area contributed by atoms with Crippen LogP contribution in [0.5, 0.6) is 0 Å².